The van der Waals surface area contributed by atoms with E-state index in [9.17, 15) is 4.79 Å². The standard InChI is InChI=1S/C15H14N4O/c1-10-14(18-9-17-10)8-16-15(20)13-7-6-11-4-2-3-5-12(11)19-13/h2-7,9H,8H2,1H3,(H,16,20)(H,17,18). The zero-order chi connectivity index (χ0) is 13.9. The molecule has 0 atom stereocenters. The second-order valence-electron chi connectivity index (χ2n) is 4.55. The number of hydrogen-bond donors (Lipinski definition) is 2. The van der Waals surface area contributed by atoms with Crippen LogP contribution < -0.4 is 5.32 Å². The van der Waals surface area contributed by atoms with E-state index in [4.69, 9.17) is 0 Å². The quantitative estimate of drug-likeness (QED) is 0.763. The van der Waals surface area contributed by atoms with Gasteiger partial charge in [0.05, 0.1) is 24.1 Å². The Bertz CT molecular complexity index is 763. The molecule has 20 heavy (non-hydrogen) atoms. The first-order chi connectivity index (χ1) is 9.74. The van der Waals surface area contributed by atoms with Gasteiger partial charge in [-0.1, -0.05) is 24.3 Å². The molecule has 0 saturated heterocycles. The van der Waals surface area contributed by atoms with Crippen LogP contribution in [0.5, 0.6) is 0 Å². The molecule has 2 heterocycles. The van der Waals surface area contributed by atoms with Gasteiger partial charge in [-0.05, 0) is 19.1 Å². The Labute approximate surface area is 116 Å². The van der Waals surface area contributed by atoms with Gasteiger partial charge in [-0.15, -0.1) is 0 Å². The van der Waals surface area contributed by atoms with Crippen molar-refractivity contribution in [3.8, 4) is 0 Å². The highest BCUT2D eigenvalue weighted by atomic mass is 16.1. The van der Waals surface area contributed by atoms with E-state index >= 15 is 0 Å². The van der Waals surface area contributed by atoms with Gasteiger partial charge in [0.15, 0.2) is 0 Å². The van der Waals surface area contributed by atoms with Crippen LogP contribution in [-0.4, -0.2) is 20.9 Å². The van der Waals surface area contributed by atoms with Crippen LogP contribution in [0.25, 0.3) is 10.9 Å². The second-order valence-corrected chi connectivity index (χ2v) is 4.55. The summed E-state index contributed by atoms with van der Waals surface area (Å²) in [4.78, 5) is 23.6. The summed E-state index contributed by atoms with van der Waals surface area (Å²) in [6.07, 6.45) is 1.62. The molecule has 0 saturated carbocycles. The van der Waals surface area contributed by atoms with Crippen LogP contribution in [0.4, 0.5) is 0 Å². The summed E-state index contributed by atoms with van der Waals surface area (Å²) in [6.45, 7) is 2.31. The number of hydrogen-bond acceptors (Lipinski definition) is 3. The fourth-order valence-corrected chi connectivity index (χ4v) is 2.01. The molecule has 0 fully saturated rings. The molecule has 1 amide bonds. The lowest BCUT2D eigenvalue weighted by Gasteiger charge is -2.05. The number of rotatable bonds is 3. The van der Waals surface area contributed by atoms with Gasteiger partial charge in [0, 0.05) is 11.1 Å². The molecule has 0 aliphatic carbocycles. The average molecular weight is 266 g/mol. The number of nitrogens with one attached hydrogen (secondary N) is 2. The number of benzene rings is 1. The van der Waals surface area contributed by atoms with Crippen molar-refractivity contribution >= 4 is 16.8 Å². The molecule has 3 rings (SSSR count). The van der Waals surface area contributed by atoms with E-state index in [0.717, 1.165) is 22.3 Å². The van der Waals surface area contributed by atoms with E-state index < -0.39 is 0 Å². The van der Waals surface area contributed by atoms with Crippen LogP contribution >= 0.6 is 0 Å². The molecule has 0 spiro atoms. The van der Waals surface area contributed by atoms with E-state index in [1.807, 2.05) is 37.3 Å². The summed E-state index contributed by atoms with van der Waals surface area (Å²) < 4.78 is 0. The Morgan fingerprint density at radius 1 is 1.25 bits per heavy atom. The number of amides is 1. The highest BCUT2D eigenvalue weighted by Crippen LogP contribution is 2.11. The van der Waals surface area contributed by atoms with Gasteiger partial charge < -0.3 is 10.3 Å². The predicted molar refractivity (Wildman–Crippen MR) is 76.2 cm³/mol. The lowest BCUT2D eigenvalue weighted by Crippen LogP contribution is -2.24. The fraction of sp³-hybridized carbons (Fsp3) is 0.133. The molecule has 5 heteroatoms. The summed E-state index contributed by atoms with van der Waals surface area (Å²) in [7, 11) is 0. The molecular formula is C15H14N4O. The van der Waals surface area contributed by atoms with Crippen molar-refractivity contribution in [2.75, 3.05) is 0 Å². The number of imidazole rings is 1. The molecule has 3 aromatic rings. The van der Waals surface area contributed by atoms with E-state index in [-0.39, 0.29) is 5.91 Å². The summed E-state index contributed by atoms with van der Waals surface area (Å²) >= 11 is 0. The minimum atomic E-state index is -0.196. The molecule has 2 N–H and O–H groups in total. The summed E-state index contributed by atoms with van der Waals surface area (Å²) in [5, 5.41) is 3.84. The van der Waals surface area contributed by atoms with E-state index in [2.05, 4.69) is 20.3 Å². The van der Waals surface area contributed by atoms with Gasteiger partial charge in [-0.3, -0.25) is 4.79 Å². The highest BCUT2D eigenvalue weighted by Gasteiger charge is 2.09. The first-order valence-corrected chi connectivity index (χ1v) is 6.37. The summed E-state index contributed by atoms with van der Waals surface area (Å²) in [5.74, 6) is -0.196. The molecule has 0 radical (unpaired) electrons. The SMILES string of the molecule is Cc1[nH]cnc1CNC(=O)c1ccc2ccccc2n1. The zero-order valence-corrected chi connectivity index (χ0v) is 11.1. The minimum Gasteiger partial charge on any atom is -0.348 e. The zero-order valence-electron chi connectivity index (χ0n) is 11.1. The van der Waals surface area contributed by atoms with Crippen LogP contribution in [0.1, 0.15) is 21.9 Å². The summed E-state index contributed by atoms with van der Waals surface area (Å²) in [6, 6.07) is 11.3. The number of carbonyl (C=O) groups is 1. The first kappa shape index (κ1) is 12.3. The van der Waals surface area contributed by atoms with Gasteiger partial charge in [0.2, 0.25) is 0 Å². The number of H-pyrrole nitrogens is 1. The third kappa shape index (κ3) is 2.38. The fourth-order valence-electron chi connectivity index (χ4n) is 2.01. The van der Waals surface area contributed by atoms with Gasteiger partial charge in [0.25, 0.3) is 5.91 Å². The van der Waals surface area contributed by atoms with E-state index in [1.54, 1.807) is 12.4 Å². The maximum Gasteiger partial charge on any atom is 0.270 e. The number of nitrogens with zero attached hydrogens (tertiary/aromatic N) is 2. The molecular weight excluding hydrogens is 252 g/mol. The Hall–Kier alpha value is -2.69. The third-order valence-electron chi connectivity index (χ3n) is 3.18. The molecule has 0 bridgehead atoms. The molecule has 2 aromatic heterocycles. The normalized spacial score (nSPS) is 10.7. The van der Waals surface area contributed by atoms with Crippen LogP contribution in [-0.2, 0) is 6.54 Å². The van der Waals surface area contributed by atoms with Crippen LogP contribution in [0.15, 0.2) is 42.7 Å². The van der Waals surface area contributed by atoms with Crippen LogP contribution in [0.3, 0.4) is 0 Å². The van der Waals surface area contributed by atoms with Crippen molar-refractivity contribution in [1.82, 2.24) is 20.3 Å². The number of para-hydroxylation sites is 1. The largest absolute Gasteiger partial charge is 0.348 e. The lowest BCUT2D eigenvalue weighted by atomic mass is 10.2. The molecule has 1 aromatic carbocycles. The maximum absolute atomic E-state index is 12.1. The smallest absolute Gasteiger partial charge is 0.270 e. The van der Waals surface area contributed by atoms with Crippen molar-refractivity contribution < 1.29 is 4.79 Å². The Morgan fingerprint density at radius 2 is 2.10 bits per heavy atom. The van der Waals surface area contributed by atoms with Gasteiger partial charge in [-0.25, -0.2) is 9.97 Å². The van der Waals surface area contributed by atoms with Crippen molar-refractivity contribution in [3.05, 3.63) is 59.8 Å². The van der Waals surface area contributed by atoms with Gasteiger partial charge in [0.1, 0.15) is 5.69 Å². The van der Waals surface area contributed by atoms with Crippen LogP contribution in [0, 0.1) is 6.92 Å². The molecule has 100 valence electrons. The summed E-state index contributed by atoms with van der Waals surface area (Å²) in [5.41, 5.74) is 3.02. The van der Waals surface area contributed by atoms with Crippen molar-refractivity contribution in [2.45, 2.75) is 13.5 Å². The topological polar surface area (TPSA) is 70.7 Å². The van der Waals surface area contributed by atoms with Crippen LogP contribution in [0.2, 0.25) is 0 Å². The van der Waals surface area contributed by atoms with Crippen molar-refractivity contribution in [1.29, 1.82) is 0 Å². The maximum atomic E-state index is 12.1. The molecule has 0 unspecified atom stereocenters. The highest BCUT2D eigenvalue weighted by molar-refractivity contribution is 5.94. The van der Waals surface area contributed by atoms with E-state index in [0.29, 0.717) is 12.2 Å². The molecule has 5 nitrogen and oxygen atoms in total. The molecule has 0 aliphatic heterocycles. The number of aromatic amines is 1. The second kappa shape index (κ2) is 5.13. The Morgan fingerprint density at radius 3 is 2.90 bits per heavy atom. The first-order valence-electron chi connectivity index (χ1n) is 6.37. The third-order valence-corrected chi connectivity index (χ3v) is 3.18. The lowest BCUT2D eigenvalue weighted by molar-refractivity contribution is 0.0946. The Balaban J connectivity index is 1.77. The average Bonchev–Trinajstić information content (AvgIpc) is 2.89. The number of pyridine rings is 1. The number of fused-ring (bicyclic) bond motifs is 1. The molecule has 0 aliphatic rings. The number of carbonyl (C=O) groups excluding carboxylic acids is 1. The van der Waals surface area contributed by atoms with Gasteiger partial charge in [-0.2, -0.15) is 0 Å². The van der Waals surface area contributed by atoms with Crippen molar-refractivity contribution in [2.24, 2.45) is 0 Å². The monoisotopic (exact) mass is 266 g/mol. The number of aryl methyl sites for hydroxylation is 1. The van der Waals surface area contributed by atoms with Gasteiger partial charge >= 0.3 is 0 Å². The number of aromatic nitrogens is 3. The Kier molecular flexibility index (Phi) is 3.16. The van der Waals surface area contributed by atoms with E-state index in [1.165, 1.54) is 0 Å². The van der Waals surface area contributed by atoms with Crippen molar-refractivity contribution in [3.63, 3.8) is 0 Å². The predicted octanol–water partition coefficient (Wildman–Crippen LogP) is 2.20. The minimum absolute atomic E-state index is 0.196.